The number of likely N-dealkylation sites (N-methyl/N-ethyl adjacent to an activating group) is 1. The van der Waals surface area contributed by atoms with Gasteiger partial charge in [0.25, 0.3) is 5.70 Å². The molecule has 38 heavy (non-hydrogen) atoms. The van der Waals surface area contributed by atoms with Crippen LogP contribution in [-0.2, 0) is 57.2 Å². The van der Waals surface area contributed by atoms with E-state index in [1.165, 1.54) is 19.9 Å². The van der Waals surface area contributed by atoms with Crippen molar-refractivity contribution in [1.82, 2.24) is 0 Å². The van der Waals surface area contributed by atoms with E-state index in [1.54, 1.807) is 32.9 Å². The molecule has 2 aliphatic rings. The van der Waals surface area contributed by atoms with Gasteiger partial charge in [0.1, 0.15) is 5.75 Å². The molecule has 1 aromatic rings. The number of esters is 2. The molecule has 0 saturated heterocycles. The summed E-state index contributed by atoms with van der Waals surface area (Å²) in [4.78, 5) is 50.1. The first-order valence-corrected chi connectivity index (χ1v) is 11.7. The predicted octanol–water partition coefficient (Wildman–Crippen LogP) is 4.96. The molecule has 0 spiro atoms. The van der Waals surface area contributed by atoms with Crippen molar-refractivity contribution in [2.24, 2.45) is 5.41 Å². The second-order valence-electron chi connectivity index (χ2n) is 10.7. The Morgan fingerprint density at radius 2 is 1.74 bits per heavy atom. The molecule has 9 nitrogen and oxygen atoms in total. The van der Waals surface area contributed by atoms with Crippen LogP contribution in [0.4, 0.5) is 5.69 Å². The Hall–Kier alpha value is -3.04. The van der Waals surface area contributed by atoms with Crippen molar-refractivity contribution in [3.05, 3.63) is 86.8 Å². The average Bonchev–Trinajstić information content (AvgIpc) is 2.98. The van der Waals surface area contributed by atoms with Gasteiger partial charge in [-0.3, -0.25) is 30.4 Å². The quantitative estimate of drug-likeness (QED) is 0.117. The number of fused-ring (bicyclic) bond motifs is 1. The van der Waals surface area contributed by atoms with Gasteiger partial charge in [-0.2, -0.15) is 13.8 Å². The Labute approximate surface area is 247 Å². The van der Waals surface area contributed by atoms with E-state index in [4.69, 9.17) is 9.47 Å². The summed E-state index contributed by atoms with van der Waals surface area (Å²) in [7, 11) is 1.87. The monoisotopic (exact) mass is 596 g/mol. The van der Waals surface area contributed by atoms with Crippen LogP contribution in [0, 0.1) is 21.4 Å². The molecule has 0 fully saturated rings. The third kappa shape index (κ3) is 6.33. The van der Waals surface area contributed by atoms with E-state index in [2.05, 4.69) is 0 Å². The van der Waals surface area contributed by atoms with E-state index in [0.717, 1.165) is 29.1 Å². The van der Waals surface area contributed by atoms with Gasteiger partial charge >= 0.3 is 5.97 Å². The molecule has 1 aromatic carbocycles. The summed E-state index contributed by atoms with van der Waals surface area (Å²) >= 11 is 0. The van der Waals surface area contributed by atoms with E-state index in [9.17, 15) is 24.5 Å². The van der Waals surface area contributed by atoms with Gasteiger partial charge in [0.2, 0.25) is 5.78 Å². The summed E-state index contributed by atoms with van der Waals surface area (Å²) in [6.07, 6.45) is 5.30. The van der Waals surface area contributed by atoms with Crippen LogP contribution in [0.5, 0.6) is 5.75 Å². The zero-order chi connectivity index (χ0) is 27.9. The largest absolute Gasteiger partial charge is 0.447 e. The number of benzene rings is 1. The second-order valence-corrected chi connectivity index (χ2v) is 10.7. The minimum atomic E-state index is -0.739. The van der Waals surface area contributed by atoms with Crippen molar-refractivity contribution in [2.45, 2.75) is 53.9 Å². The Morgan fingerprint density at radius 1 is 1.11 bits per heavy atom. The van der Waals surface area contributed by atoms with Crippen molar-refractivity contribution in [1.29, 1.82) is 0 Å². The number of carbonyl (C=O) groups is 3. The third-order valence-corrected chi connectivity index (χ3v) is 6.14. The van der Waals surface area contributed by atoms with Gasteiger partial charge in [0.05, 0.1) is 16.4 Å². The van der Waals surface area contributed by atoms with Gasteiger partial charge < -0.3 is 14.4 Å². The summed E-state index contributed by atoms with van der Waals surface area (Å²) in [5, 5.41) is 11.5. The molecule has 1 aliphatic carbocycles. The zero-order valence-corrected chi connectivity index (χ0v) is 25.7. The number of nitrogens with zero attached hydrogens (tertiary/aromatic N) is 2. The number of anilines is 1. The number of carbonyl (C=O) groups excluding carboxylic acids is 3. The fraction of sp³-hybridized carbons (Fsp3) is 0.357. The van der Waals surface area contributed by atoms with Gasteiger partial charge in [-0.05, 0) is 56.7 Å². The molecule has 0 N–H and O–H groups in total. The topological polar surface area (TPSA) is 116 Å². The van der Waals surface area contributed by atoms with Crippen LogP contribution < -0.4 is 9.64 Å². The molecule has 0 aromatic heterocycles. The maximum atomic E-state index is 13.0. The van der Waals surface area contributed by atoms with Crippen molar-refractivity contribution < 1.29 is 61.5 Å². The maximum Gasteiger partial charge on any atom is 0.316 e. The fourth-order valence-corrected chi connectivity index (χ4v) is 3.92. The molecule has 1 heterocycles. The number of ether oxygens (including phenoxy) is 2. The summed E-state index contributed by atoms with van der Waals surface area (Å²) in [6.45, 7) is 12.4. The Kier molecular flexibility index (Phi) is 9.33. The third-order valence-electron chi connectivity index (χ3n) is 6.14. The van der Waals surface area contributed by atoms with E-state index < -0.39 is 33.3 Å². The molecular formula is C28H31N2O7Y-. The number of nitro groups is 1. The van der Waals surface area contributed by atoms with Crippen LogP contribution in [0.15, 0.2) is 65.2 Å². The molecule has 1 aliphatic heterocycles. The smallest absolute Gasteiger partial charge is 0.316 e. The van der Waals surface area contributed by atoms with E-state index >= 15 is 0 Å². The zero-order valence-electron chi connectivity index (χ0n) is 22.9. The van der Waals surface area contributed by atoms with E-state index in [1.807, 2.05) is 37.9 Å². The molecule has 0 saturated carbocycles. The standard InChI is InChI=1S/C28H31N2O7.Y/c1-16(2)25(32)37-22-14-18(30(34)35)13-17(24(22)31)9-12-23-28(6,7)20-15-19(10-11-21(20)29(23)8)36-26(33)27(3,4)5;/h9-15H,1-8H3;/q-1;. The normalized spacial score (nSPS) is 18.3. The molecular weight excluding hydrogens is 565 g/mol. The number of rotatable bonds is 5. The van der Waals surface area contributed by atoms with Crippen LogP contribution in [0.2, 0.25) is 0 Å². The molecule has 0 atom stereocenters. The first kappa shape index (κ1) is 31.2. The first-order valence-electron chi connectivity index (χ1n) is 11.7. The van der Waals surface area contributed by atoms with Crippen molar-refractivity contribution in [3.8, 4) is 5.75 Å². The van der Waals surface area contributed by atoms with Crippen LogP contribution in [-0.4, -0.2) is 29.7 Å². The Bertz CT molecular complexity index is 1310. The molecule has 1 radical (unpaired) electrons. The maximum absolute atomic E-state index is 13.0. The van der Waals surface area contributed by atoms with Gasteiger partial charge in [-0.1, -0.05) is 13.8 Å². The Balaban J connectivity index is 0.00000507. The minimum absolute atomic E-state index is 0. The van der Waals surface area contributed by atoms with Crippen LogP contribution in [0.1, 0.15) is 54.0 Å². The SMILES string of the molecule is C[C-](C)C(=O)OC1=CC([N+](=O)[O-])=CC(=CC=C2N(C)c3ccc(OC(=O)C(C)(C)C)cc3C2(C)C)C1=O.[Y]. The number of ketones is 1. The molecule has 0 unspecified atom stereocenters. The minimum Gasteiger partial charge on any atom is -0.447 e. The number of allylic oxidation sites excluding steroid dienone is 6. The van der Waals surface area contributed by atoms with Crippen molar-refractivity contribution >= 4 is 23.4 Å². The number of Topliss-reactive ketones (excluding diaryl/α,β-unsaturated/α-hetero) is 1. The molecule has 3 rings (SSSR count). The summed E-state index contributed by atoms with van der Waals surface area (Å²) in [5.41, 5.74) is 1.07. The molecule has 10 heteroatoms. The summed E-state index contributed by atoms with van der Waals surface area (Å²) in [5.74, 6) is -1.39. The van der Waals surface area contributed by atoms with Crippen LogP contribution >= 0.6 is 0 Å². The van der Waals surface area contributed by atoms with Crippen molar-refractivity contribution in [3.63, 3.8) is 0 Å². The van der Waals surface area contributed by atoms with E-state index in [-0.39, 0.29) is 49.9 Å². The van der Waals surface area contributed by atoms with E-state index in [0.29, 0.717) is 11.7 Å². The average molecular weight is 596 g/mol. The second kappa shape index (κ2) is 11.4. The predicted molar refractivity (Wildman–Crippen MR) is 138 cm³/mol. The molecule has 199 valence electrons. The summed E-state index contributed by atoms with van der Waals surface area (Å²) < 4.78 is 10.7. The van der Waals surface area contributed by atoms with Crippen molar-refractivity contribution in [2.75, 3.05) is 11.9 Å². The summed E-state index contributed by atoms with van der Waals surface area (Å²) in [6, 6.07) is 5.41. The number of hydrogen-bond acceptors (Lipinski definition) is 8. The number of hydrogen-bond donors (Lipinski definition) is 0. The first-order chi connectivity index (χ1) is 17.0. The molecule has 0 amide bonds. The Morgan fingerprint density at radius 3 is 2.29 bits per heavy atom. The fourth-order valence-electron chi connectivity index (χ4n) is 3.92. The van der Waals surface area contributed by atoms with Gasteiger partial charge in [-0.25, -0.2) is 0 Å². The van der Waals surface area contributed by atoms with Crippen LogP contribution in [0.3, 0.4) is 0 Å². The van der Waals surface area contributed by atoms with Crippen LogP contribution in [0.25, 0.3) is 0 Å². The molecule has 0 bridgehead atoms. The van der Waals surface area contributed by atoms with Gasteiger partial charge in [0, 0.05) is 68.2 Å². The van der Waals surface area contributed by atoms with Gasteiger partial charge in [0.15, 0.2) is 11.7 Å². The van der Waals surface area contributed by atoms with Gasteiger partial charge in [-0.15, -0.1) is 0 Å².